The number of phenolic OH excluding ortho intramolecular Hbond substituents is 1. The molecule has 0 aromatic heterocycles. The second-order valence-electron chi connectivity index (χ2n) is 6.38. The molecular weight excluding hydrogens is 429 g/mol. The van der Waals surface area contributed by atoms with Crippen molar-refractivity contribution in [2.75, 3.05) is 18.6 Å². The fraction of sp³-hybridized carbons (Fsp3) is 0.182. The van der Waals surface area contributed by atoms with Gasteiger partial charge in [0.05, 0.1) is 40.6 Å². The number of hydrogen-bond acceptors (Lipinski definition) is 5. The molecule has 0 aliphatic carbocycles. The molecule has 2 aromatic carbocycles. The molecule has 1 amide bonds. The molecule has 0 unspecified atom stereocenters. The van der Waals surface area contributed by atoms with Gasteiger partial charge >= 0.3 is 5.97 Å². The van der Waals surface area contributed by atoms with Gasteiger partial charge in [-0.25, -0.2) is 4.79 Å². The van der Waals surface area contributed by atoms with Crippen LogP contribution in [0.4, 0.5) is 5.69 Å². The van der Waals surface area contributed by atoms with Crippen LogP contribution in [0.2, 0.25) is 10.0 Å². The van der Waals surface area contributed by atoms with Gasteiger partial charge < -0.3 is 14.6 Å². The molecule has 1 aliphatic heterocycles. The number of halogens is 2. The van der Waals surface area contributed by atoms with E-state index < -0.39 is 11.9 Å². The minimum atomic E-state index is -0.671. The molecule has 156 valence electrons. The van der Waals surface area contributed by atoms with Crippen LogP contribution in [-0.4, -0.2) is 30.7 Å². The van der Waals surface area contributed by atoms with Gasteiger partial charge in [0, 0.05) is 11.3 Å². The molecule has 1 N–H and O–H groups in total. The zero-order valence-corrected chi connectivity index (χ0v) is 18.0. The number of nitrogens with zero attached hydrogens (tertiary/aromatic N) is 1. The van der Waals surface area contributed by atoms with Gasteiger partial charge in [0.25, 0.3) is 5.91 Å². The van der Waals surface area contributed by atoms with Gasteiger partial charge in [0.2, 0.25) is 0 Å². The number of hydrogen-bond donors (Lipinski definition) is 1. The van der Waals surface area contributed by atoms with Crippen LogP contribution in [0.1, 0.15) is 19.4 Å². The number of ether oxygens (including phenoxy) is 2. The third-order valence-corrected chi connectivity index (χ3v) is 5.32. The fourth-order valence-electron chi connectivity index (χ4n) is 3.20. The second kappa shape index (κ2) is 8.81. The lowest BCUT2D eigenvalue weighted by atomic mass is 10.0. The van der Waals surface area contributed by atoms with Crippen LogP contribution in [0, 0.1) is 0 Å². The maximum Gasteiger partial charge on any atom is 0.340 e. The number of anilines is 1. The van der Waals surface area contributed by atoms with Crippen molar-refractivity contribution < 1.29 is 24.2 Å². The molecule has 0 bridgehead atoms. The quantitative estimate of drug-likeness (QED) is 0.516. The summed E-state index contributed by atoms with van der Waals surface area (Å²) in [6.45, 7) is 3.79. The van der Waals surface area contributed by atoms with E-state index in [0.29, 0.717) is 28.6 Å². The van der Waals surface area contributed by atoms with Crippen molar-refractivity contribution in [2.24, 2.45) is 0 Å². The maximum absolute atomic E-state index is 13.3. The topological polar surface area (TPSA) is 76.1 Å². The minimum absolute atomic E-state index is 0.0781. The summed E-state index contributed by atoms with van der Waals surface area (Å²) in [7, 11) is 1.24. The third-order valence-electron chi connectivity index (χ3n) is 4.58. The van der Waals surface area contributed by atoms with Crippen molar-refractivity contribution in [1.29, 1.82) is 0 Å². The summed E-state index contributed by atoms with van der Waals surface area (Å²) >= 11 is 12.1. The van der Waals surface area contributed by atoms with E-state index >= 15 is 0 Å². The van der Waals surface area contributed by atoms with Crippen LogP contribution >= 0.6 is 23.2 Å². The summed E-state index contributed by atoms with van der Waals surface area (Å²) in [4.78, 5) is 27.1. The number of amides is 1. The summed E-state index contributed by atoms with van der Waals surface area (Å²) < 4.78 is 10.3. The fourth-order valence-corrected chi connectivity index (χ4v) is 3.49. The highest BCUT2D eigenvalue weighted by atomic mass is 35.5. The standard InChI is InChI=1S/C22H19Cl2NO5/c1-4-30-18-7-5-6-13(20(18)26)10-15-19(22(28)29-3)12(2)25(21(15)27)14-8-9-16(23)17(24)11-14/h5-11,26H,4H2,1-3H3/b15-10-. The summed E-state index contributed by atoms with van der Waals surface area (Å²) in [5, 5.41) is 11.1. The number of esters is 1. The zero-order chi connectivity index (χ0) is 22.0. The number of carbonyl (C=O) groups excluding carboxylic acids is 2. The van der Waals surface area contributed by atoms with Crippen molar-refractivity contribution in [1.82, 2.24) is 0 Å². The molecule has 1 heterocycles. The molecule has 0 atom stereocenters. The monoisotopic (exact) mass is 447 g/mol. The Bertz CT molecular complexity index is 1090. The molecule has 2 aromatic rings. The molecule has 0 spiro atoms. The number of rotatable bonds is 5. The van der Waals surface area contributed by atoms with Crippen LogP contribution in [0.3, 0.4) is 0 Å². The average molecular weight is 448 g/mol. The Balaban J connectivity index is 2.16. The first-order valence-corrected chi connectivity index (χ1v) is 9.81. The van der Waals surface area contributed by atoms with Crippen molar-refractivity contribution >= 4 is 46.8 Å². The lowest BCUT2D eigenvalue weighted by Gasteiger charge is -2.18. The predicted molar refractivity (Wildman–Crippen MR) is 116 cm³/mol. The molecule has 6 nitrogen and oxygen atoms in total. The van der Waals surface area contributed by atoms with Crippen LogP contribution in [0.5, 0.6) is 11.5 Å². The van der Waals surface area contributed by atoms with Gasteiger partial charge in [-0.05, 0) is 44.2 Å². The largest absolute Gasteiger partial charge is 0.504 e. The van der Waals surface area contributed by atoms with Crippen molar-refractivity contribution in [2.45, 2.75) is 13.8 Å². The number of methoxy groups -OCH3 is 1. The second-order valence-corrected chi connectivity index (χ2v) is 7.19. The highest BCUT2D eigenvalue weighted by Crippen LogP contribution is 2.39. The normalized spacial score (nSPS) is 15.2. The van der Waals surface area contributed by atoms with Crippen LogP contribution in [0.15, 0.2) is 53.2 Å². The van der Waals surface area contributed by atoms with Gasteiger partial charge in [0.1, 0.15) is 0 Å². The summed E-state index contributed by atoms with van der Waals surface area (Å²) in [5.74, 6) is -0.990. The first kappa shape index (κ1) is 21.7. The van der Waals surface area contributed by atoms with Gasteiger partial charge in [-0.2, -0.15) is 0 Å². The molecule has 0 saturated heterocycles. The molecule has 1 aliphatic rings. The highest BCUT2D eigenvalue weighted by molar-refractivity contribution is 6.42. The molecule has 0 saturated carbocycles. The van der Waals surface area contributed by atoms with E-state index in [1.54, 1.807) is 44.2 Å². The first-order valence-electron chi connectivity index (χ1n) is 9.05. The molecule has 30 heavy (non-hydrogen) atoms. The highest BCUT2D eigenvalue weighted by Gasteiger charge is 2.38. The van der Waals surface area contributed by atoms with Crippen LogP contribution < -0.4 is 9.64 Å². The number of para-hydroxylation sites is 1. The molecule has 3 rings (SSSR count). The molecule has 0 radical (unpaired) electrons. The van der Waals surface area contributed by atoms with Gasteiger partial charge in [0.15, 0.2) is 11.5 Å². The van der Waals surface area contributed by atoms with E-state index in [1.165, 1.54) is 24.2 Å². The number of carbonyl (C=O) groups is 2. The van der Waals surface area contributed by atoms with Crippen molar-refractivity contribution in [3.63, 3.8) is 0 Å². The number of allylic oxidation sites excluding steroid dienone is 1. The number of aromatic hydroxyl groups is 1. The SMILES string of the molecule is CCOc1cccc(/C=C2\C(=O)N(c3ccc(Cl)c(Cl)c3)C(C)=C2C(=O)OC)c1O. The lowest BCUT2D eigenvalue weighted by molar-refractivity contribution is -0.136. The zero-order valence-electron chi connectivity index (χ0n) is 16.5. The molecule has 0 fully saturated rings. The van der Waals surface area contributed by atoms with E-state index in [4.69, 9.17) is 32.7 Å². The van der Waals surface area contributed by atoms with E-state index in [2.05, 4.69) is 0 Å². The minimum Gasteiger partial charge on any atom is -0.504 e. The molecule has 8 heteroatoms. The maximum atomic E-state index is 13.3. The van der Waals surface area contributed by atoms with Crippen molar-refractivity contribution in [3.8, 4) is 11.5 Å². The van der Waals surface area contributed by atoms with E-state index in [-0.39, 0.29) is 27.7 Å². The Labute approximate surface area is 183 Å². The first-order chi connectivity index (χ1) is 14.3. The lowest BCUT2D eigenvalue weighted by Crippen LogP contribution is -2.24. The van der Waals surface area contributed by atoms with Crippen LogP contribution in [-0.2, 0) is 14.3 Å². The summed E-state index contributed by atoms with van der Waals surface area (Å²) in [6.07, 6.45) is 1.44. The Morgan fingerprint density at radius 2 is 1.93 bits per heavy atom. The number of phenols is 1. The van der Waals surface area contributed by atoms with Gasteiger partial charge in [-0.15, -0.1) is 0 Å². The Morgan fingerprint density at radius 1 is 1.20 bits per heavy atom. The Morgan fingerprint density at radius 3 is 2.57 bits per heavy atom. The average Bonchev–Trinajstić information content (AvgIpc) is 2.96. The summed E-state index contributed by atoms with van der Waals surface area (Å²) in [6, 6.07) is 9.64. The molecular formula is C22H19Cl2NO5. The Hall–Kier alpha value is -2.96. The third kappa shape index (κ3) is 3.88. The van der Waals surface area contributed by atoms with Gasteiger partial charge in [-0.1, -0.05) is 35.3 Å². The smallest absolute Gasteiger partial charge is 0.340 e. The van der Waals surface area contributed by atoms with E-state index in [9.17, 15) is 14.7 Å². The number of benzene rings is 2. The summed E-state index contributed by atoms with van der Waals surface area (Å²) in [5.41, 5.74) is 1.32. The van der Waals surface area contributed by atoms with Crippen molar-refractivity contribution in [3.05, 3.63) is 68.9 Å². The van der Waals surface area contributed by atoms with E-state index in [1.807, 2.05) is 0 Å². The Kier molecular flexibility index (Phi) is 6.39. The van der Waals surface area contributed by atoms with E-state index in [0.717, 1.165) is 0 Å². The van der Waals surface area contributed by atoms with Gasteiger partial charge in [-0.3, -0.25) is 9.69 Å². The predicted octanol–water partition coefficient (Wildman–Crippen LogP) is 4.97. The van der Waals surface area contributed by atoms with Crippen LogP contribution in [0.25, 0.3) is 6.08 Å².